The number of rotatable bonds is 36. The second-order valence-electron chi connectivity index (χ2n) is 27.9. The second kappa shape index (κ2) is 55.4. The van der Waals surface area contributed by atoms with Gasteiger partial charge in [-0.15, -0.1) is 11.3 Å². The maximum absolute atomic E-state index is 12.0. The van der Waals surface area contributed by atoms with E-state index >= 15 is 0 Å². The first kappa shape index (κ1) is 107. The highest BCUT2D eigenvalue weighted by Gasteiger charge is 2.30. The molecule has 2 heterocycles. The van der Waals surface area contributed by atoms with Crippen molar-refractivity contribution in [2.75, 3.05) is 64.7 Å². The number of ketones is 1. The van der Waals surface area contributed by atoms with Crippen molar-refractivity contribution in [1.82, 2.24) is 20.3 Å². The summed E-state index contributed by atoms with van der Waals surface area (Å²) in [5.41, 5.74) is 2.42. The van der Waals surface area contributed by atoms with Crippen LogP contribution in [0.15, 0.2) is 116 Å². The van der Waals surface area contributed by atoms with E-state index in [4.69, 9.17) is 48.1 Å². The molecular formula is C86H123N5O24S. The summed E-state index contributed by atoms with van der Waals surface area (Å²) < 4.78 is 45.5. The maximum Gasteiger partial charge on any atom is 0.407 e. The Morgan fingerprint density at radius 1 is 0.543 bits per heavy atom. The van der Waals surface area contributed by atoms with Gasteiger partial charge in [0.05, 0.1) is 78.6 Å². The Bertz CT molecular complexity index is 4140. The van der Waals surface area contributed by atoms with E-state index in [1.807, 2.05) is 93.5 Å². The lowest BCUT2D eigenvalue weighted by atomic mass is 9.91. The molecule has 5 N–H and O–H groups in total. The molecule has 0 saturated heterocycles. The number of H-pyrrole nitrogens is 1. The zero-order valence-corrected chi connectivity index (χ0v) is 69.8. The van der Waals surface area contributed by atoms with Crippen LogP contribution in [0.3, 0.4) is 0 Å². The molecule has 0 spiro atoms. The van der Waals surface area contributed by atoms with Crippen molar-refractivity contribution in [2.24, 2.45) is 34.0 Å². The van der Waals surface area contributed by atoms with Crippen LogP contribution in [0.25, 0.3) is 21.3 Å². The van der Waals surface area contributed by atoms with Crippen molar-refractivity contribution in [1.29, 1.82) is 0 Å². The van der Waals surface area contributed by atoms with E-state index in [1.54, 1.807) is 71.9 Å². The number of amides is 2. The predicted octanol–water partition coefficient (Wildman–Crippen LogP) is 16.1. The van der Waals surface area contributed by atoms with Crippen LogP contribution < -0.4 is 10.6 Å². The highest BCUT2D eigenvalue weighted by Crippen LogP contribution is 2.26. The quantitative estimate of drug-likeness (QED) is 0.0106. The number of thiazole rings is 1. The number of hydrogen-bond acceptors (Lipinski definition) is 25. The third-order valence-electron chi connectivity index (χ3n) is 17.4. The molecule has 0 radical (unpaired) electrons. The third-order valence-corrected chi connectivity index (χ3v) is 18.4. The fraction of sp³-hybridized carbons (Fsp3) is 0.500. The maximum atomic E-state index is 12.0. The van der Waals surface area contributed by atoms with Crippen LogP contribution in [0, 0.1) is 40.9 Å². The summed E-state index contributed by atoms with van der Waals surface area (Å²) in [6, 6.07) is 25.5. The molecule has 0 aliphatic rings. The molecule has 4 aromatic carbocycles. The van der Waals surface area contributed by atoms with Crippen molar-refractivity contribution < 1.29 is 115 Å². The van der Waals surface area contributed by atoms with Gasteiger partial charge in [-0.3, -0.25) is 34.1 Å². The Hall–Kier alpha value is -11.2. The van der Waals surface area contributed by atoms with Gasteiger partial charge in [0.1, 0.15) is 69.7 Å². The minimum Gasteiger partial charge on any atom is -0.478 e. The minimum atomic E-state index is -1.21. The number of esters is 8. The number of aromatic amines is 1. The van der Waals surface area contributed by atoms with Gasteiger partial charge < -0.3 is 63.1 Å². The van der Waals surface area contributed by atoms with Crippen LogP contribution in [0.1, 0.15) is 223 Å². The Morgan fingerprint density at radius 3 is 1.47 bits per heavy atom. The van der Waals surface area contributed by atoms with E-state index in [0.717, 1.165) is 40.5 Å². The van der Waals surface area contributed by atoms with Crippen molar-refractivity contribution in [3.05, 3.63) is 149 Å². The van der Waals surface area contributed by atoms with Crippen molar-refractivity contribution in [3.63, 3.8) is 0 Å². The van der Waals surface area contributed by atoms with E-state index < -0.39 is 64.3 Å². The van der Waals surface area contributed by atoms with Gasteiger partial charge in [0.15, 0.2) is 0 Å². The van der Waals surface area contributed by atoms with Crippen LogP contribution in [-0.2, 0) is 87.4 Å². The van der Waals surface area contributed by atoms with E-state index in [-0.39, 0.29) is 144 Å². The van der Waals surface area contributed by atoms with Crippen LogP contribution >= 0.6 is 11.3 Å². The number of carbonyl (C=O) groups excluding carboxylic acids is 11. The zero-order chi connectivity index (χ0) is 86.5. The van der Waals surface area contributed by atoms with Gasteiger partial charge in [0, 0.05) is 23.5 Å². The first-order valence-corrected chi connectivity index (χ1v) is 38.3. The fourth-order valence-electron chi connectivity index (χ4n) is 8.07. The van der Waals surface area contributed by atoms with Gasteiger partial charge in [-0.05, 0) is 155 Å². The lowest BCUT2D eigenvalue weighted by molar-refractivity contribution is -0.158. The number of aromatic nitrogens is 3. The number of hydrogen-bond donors (Lipinski definition) is 5. The Morgan fingerprint density at radius 2 is 1.00 bits per heavy atom. The average molecular weight is 1640 g/mol. The topological polar surface area (TPSA) is 411 Å². The minimum absolute atomic E-state index is 0. The Kier molecular flexibility index (Phi) is 51.0. The molecular weight excluding hydrogens is 1520 g/mol. The molecule has 0 saturated carbocycles. The second-order valence-corrected chi connectivity index (χ2v) is 29.0. The number of aromatic carboxylic acids is 2. The number of fused-ring (bicyclic) bond motifs is 2. The zero-order valence-electron chi connectivity index (χ0n) is 69.0. The molecule has 6 aromatic rings. The standard InChI is InChI=1S/2C16H20O6.C14H23NO6.C14H17NOS.C12H15N3O.C12H20O4.2CH4/c1-4-16(2,3)15(20)22-10-9-21-14(19)12-8-6-5-7-11(12)13(17)18;1-4-10(2)15(19)21-9-11(3)22-16(20)13-8-6-5-7-12(13)14(17)18;1-5-11(16)19-8-7-15-13(18)21-10-9-20-12(17)14(3,4)6-2;1-4-10(3)12(16)8-14-15-11-7-9(2)5-6-13(11)17-14;1-3-8(2)11(16)15-12-13-9-6-4-5-7-10(9)14-12;1-6-12(4,5)11(14)16-8-7-15-10(13)9(2)3;;/h5-8H,4,9-10H2,1-3H3,(H,17,18);5-8,10-11H,4,9H2,1-3H3,(H,17,18);5H,1,6-10H2,2-4H3,(H,15,18);5-7,10H,4,8H2,1-3H3;4-8H,3H2,1-2H3,(H2,13,14,15,16);2,6-8H2,1,3-5H3;2*1H4. The number of anilines is 1. The number of nitrogens with one attached hydrogen (secondary N) is 3. The lowest BCUT2D eigenvalue weighted by Gasteiger charge is -2.20. The Labute approximate surface area is 686 Å². The number of carboxylic acids is 2. The largest absolute Gasteiger partial charge is 0.478 e. The molecule has 2 amide bonds. The molecule has 116 heavy (non-hydrogen) atoms. The van der Waals surface area contributed by atoms with Gasteiger partial charge >= 0.3 is 65.8 Å². The first-order valence-electron chi connectivity index (χ1n) is 37.5. The molecule has 30 heteroatoms. The number of para-hydroxylation sites is 2. The van der Waals surface area contributed by atoms with Gasteiger partial charge in [-0.2, -0.15) is 0 Å². The fourth-order valence-corrected chi connectivity index (χ4v) is 9.03. The summed E-state index contributed by atoms with van der Waals surface area (Å²) in [5, 5.41) is 24.1. The van der Waals surface area contributed by atoms with Gasteiger partial charge in [0.25, 0.3) is 0 Å². The third kappa shape index (κ3) is 40.2. The molecule has 4 atom stereocenters. The van der Waals surface area contributed by atoms with E-state index in [9.17, 15) is 62.3 Å². The number of carbonyl (C=O) groups is 13. The van der Waals surface area contributed by atoms with Crippen molar-refractivity contribution in [3.8, 4) is 0 Å². The summed E-state index contributed by atoms with van der Waals surface area (Å²) in [4.78, 5) is 161. The van der Waals surface area contributed by atoms with Crippen molar-refractivity contribution >= 4 is 116 Å². The predicted molar refractivity (Wildman–Crippen MR) is 444 cm³/mol. The molecule has 0 aliphatic heterocycles. The molecule has 6 rings (SSSR count). The first-order chi connectivity index (χ1) is 53.6. The number of alkyl carbamates (subject to hydrolysis) is 1. The average Bonchev–Trinajstić information content (AvgIpc) is 1.61. The summed E-state index contributed by atoms with van der Waals surface area (Å²) in [6.07, 6.45) is 4.58. The van der Waals surface area contributed by atoms with E-state index in [2.05, 4.69) is 68.6 Å². The van der Waals surface area contributed by atoms with Crippen LogP contribution in [0.4, 0.5) is 10.7 Å². The highest BCUT2D eigenvalue weighted by molar-refractivity contribution is 7.18. The summed E-state index contributed by atoms with van der Waals surface area (Å²) in [6.45, 7) is 39.9. The molecule has 29 nitrogen and oxygen atoms in total. The van der Waals surface area contributed by atoms with Crippen LogP contribution in [0.2, 0.25) is 0 Å². The van der Waals surface area contributed by atoms with Crippen LogP contribution in [0.5, 0.6) is 0 Å². The summed E-state index contributed by atoms with van der Waals surface area (Å²) >= 11 is 1.63. The number of benzene rings is 4. The van der Waals surface area contributed by atoms with E-state index in [1.165, 1.54) is 46.7 Å². The molecule has 2 aromatic heterocycles. The van der Waals surface area contributed by atoms with Gasteiger partial charge in [-0.1, -0.05) is 133 Å². The lowest BCUT2D eigenvalue weighted by Crippen LogP contribution is -2.31. The smallest absolute Gasteiger partial charge is 0.407 e. The van der Waals surface area contributed by atoms with Crippen molar-refractivity contribution in [2.45, 2.75) is 191 Å². The monoisotopic (exact) mass is 1640 g/mol. The number of imidazole rings is 1. The number of aryl methyl sites for hydroxylation is 1. The number of nitrogens with zero attached hydrogens (tertiary/aromatic N) is 2. The molecule has 0 aliphatic carbocycles. The summed E-state index contributed by atoms with van der Waals surface area (Å²) in [7, 11) is 0. The molecule has 642 valence electrons. The summed E-state index contributed by atoms with van der Waals surface area (Å²) in [5.74, 6) is -5.52. The normalized spacial score (nSPS) is 11.5. The highest BCUT2D eigenvalue weighted by atomic mass is 32.1. The SMILES string of the molecule is C.C.C=C(C)C(=O)OCCOC(=O)C(C)(C)CC.C=CC(=O)OCCNC(=O)OCCOC(=O)C(C)(C)CC.CCC(C)(C)C(=O)OCCOC(=O)c1ccccc1C(=O)O.CCC(C)C(=O)Cc1nc2cc(C)ccc2s1.CCC(C)C(=O)Nc1nc2ccccc2[nH]1.CCC(C)C(=O)OCC(C)OC(=O)c1ccccc1C(=O)O. The van der Waals surface area contributed by atoms with Crippen LogP contribution in [-0.4, -0.2) is 168 Å². The number of Topliss-reactive ketones (excluding diaryl/α,β-unsaturated/α-hetero) is 1. The molecule has 4 unspecified atom stereocenters. The number of ether oxygens (including phenoxy) is 9. The van der Waals surface area contributed by atoms with Gasteiger partial charge in [-0.25, -0.2) is 43.5 Å². The molecule has 0 fully saturated rings. The van der Waals surface area contributed by atoms with E-state index in [0.29, 0.717) is 49.4 Å². The Balaban J connectivity index is 0. The molecule has 0 bridgehead atoms. The van der Waals surface area contributed by atoms with Gasteiger partial charge in [0.2, 0.25) is 11.9 Å². The number of carboxylic acid groups (broad SMARTS) is 2.